The van der Waals surface area contributed by atoms with Gasteiger partial charge in [0.25, 0.3) is 5.91 Å². The zero-order valence-electron chi connectivity index (χ0n) is 25.0. The second-order valence-corrected chi connectivity index (χ2v) is 12.6. The van der Waals surface area contributed by atoms with Gasteiger partial charge in [0, 0.05) is 45.2 Å². The predicted octanol–water partition coefficient (Wildman–Crippen LogP) is 5.04. The van der Waals surface area contributed by atoms with Crippen LogP contribution in [0.5, 0.6) is 0 Å². The number of aryl methyl sites for hydroxylation is 2. The Labute approximate surface area is 270 Å². The van der Waals surface area contributed by atoms with E-state index in [9.17, 15) is 14.4 Å². The summed E-state index contributed by atoms with van der Waals surface area (Å²) in [5.74, 6) is 1.09. The zero-order valence-corrected chi connectivity index (χ0v) is 26.5. The number of benzene rings is 2. The van der Waals surface area contributed by atoms with Crippen molar-refractivity contribution in [3.8, 4) is 0 Å². The smallest absolute Gasteiger partial charge is 0.267 e. The Kier molecular flexibility index (Phi) is 9.06. The van der Waals surface area contributed by atoms with Gasteiger partial charge >= 0.3 is 0 Å². The fraction of sp³-hybridized carbons (Fsp3) is 0.312. The molecule has 2 saturated heterocycles. The van der Waals surface area contributed by atoms with Crippen LogP contribution >= 0.6 is 22.9 Å². The molecule has 2 aromatic carbocycles. The normalized spacial score (nSPS) is 17.2. The van der Waals surface area contributed by atoms with Gasteiger partial charge in [-0.3, -0.25) is 24.6 Å². The Hall–Kier alpha value is -4.39. The molecule has 45 heavy (non-hydrogen) atoms. The van der Waals surface area contributed by atoms with Crippen molar-refractivity contribution in [3.63, 3.8) is 0 Å². The number of piperazine rings is 1. The predicted molar refractivity (Wildman–Crippen MR) is 175 cm³/mol. The second kappa shape index (κ2) is 13.3. The number of halogens is 1. The van der Waals surface area contributed by atoms with Crippen LogP contribution in [0, 0.1) is 13.8 Å². The number of carbonyl (C=O) groups excluding carboxylic acids is 3. The van der Waals surface area contributed by atoms with Crippen LogP contribution in [0.4, 0.5) is 22.5 Å². The third kappa shape index (κ3) is 7.30. The molecule has 0 bridgehead atoms. The van der Waals surface area contributed by atoms with Gasteiger partial charge in [-0.1, -0.05) is 59.3 Å². The van der Waals surface area contributed by atoms with Gasteiger partial charge in [-0.2, -0.15) is 0 Å². The third-order valence-corrected chi connectivity index (χ3v) is 9.17. The fourth-order valence-electron chi connectivity index (χ4n) is 5.60. The second-order valence-electron chi connectivity index (χ2n) is 11.2. The summed E-state index contributed by atoms with van der Waals surface area (Å²) in [6, 6.07) is 15.5. The maximum absolute atomic E-state index is 12.9. The number of imide groups is 1. The van der Waals surface area contributed by atoms with Crippen LogP contribution in [0.2, 0.25) is 5.02 Å². The molecule has 2 aliphatic heterocycles. The van der Waals surface area contributed by atoms with E-state index in [1.54, 1.807) is 6.07 Å². The molecule has 13 heteroatoms. The molecule has 0 aliphatic carbocycles. The number of carbonyl (C=O) groups is 3. The van der Waals surface area contributed by atoms with Crippen LogP contribution in [-0.4, -0.2) is 63.8 Å². The standard InChI is InChI=1S/C32H33ClN8O3S/c1-19-5-3-8-24(33)29(19)39-31(44)25-17-34-32(45-25)37-26-16-27(36-20(2)35-26)41-13-11-40(12-14-41)18-21-6-4-7-22(15-21)23-9-10-28(42)38-30(23)43/h3-8,15-17,23H,9-14,18H2,1-2H3,(H,39,44)(H,38,42,43)(H,34,35,36,37). The first-order valence-electron chi connectivity index (χ1n) is 14.8. The van der Waals surface area contributed by atoms with Gasteiger partial charge in [0.05, 0.1) is 22.8 Å². The largest absolute Gasteiger partial charge is 0.354 e. The van der Waals surface area contributed by atoms with Gasteiger partial charge in [0.1, 0.15) is 22.3 Å². The van der Waals surface area contributed by atoms with Gasteiger partial charge in [-0.05, 0) is 43.0 Å². The SMILES string of the molecule is Cc1nc(Nc2ncc(C(=O)Nc3c(C)cccc3Cl)s2)cc(N2CCN(Cc3cccc(C4CCC(=O)NC4=O)c3)CC2)n1. The highest BCUT2D eigenvalue weighted by Crippen LogP contribution is 2.29. The van der Waals surface area contributed by atoms with Crippen molar-refractivity contribution in [3.05, 3.63) is 87.1 Å². The van der Waals surface area contributed by atoms with Crippen molar-refractivity contribution in [2.75, 3.05) is 41.7 Å². The molecular formula is C32H33ClN8O3S. The molecule has 4 aromatic rings. The van der Waals surface area contributed by atoms with E-state index in [2.05, 4.69) is 52.8 Å². The Morgan fingerprint density at radius 1 is 1.07 bits per heavy atom. The van der Waals surface area contributed by atoms with Crippen LogP contribution in [0.1, 0.15) is 50.9 Å². The minimum atomic E-state index is -0.283. The molecule has 3 N–H and O–H groups in total. The maximum atomic E-state index is 12.9. The van der Waals surface area contributed by atoms with Gasteiger partial charge in [0.15, 0.2) is 5.13 Å². The van der Waals surface area contributed by atoms with Crippen molar-refractivity contribution in [2.45, 2.75) is 39.2 Å². The number of nitrogens with one attached hydrogen (secondary N) is 3. The van der Waals surface area contributed by atoms with Crippen LogP contribution in [0.25, 0.3) is 0 Å². The topological polar surface area (TPSA) is 132 Å². The number of aromatic nitrogens is 3. The molecule has 2 fully saturated rings. The molecule has 0 radical (unpaired) electrons. The summed E-state index contributed by atoms with van der Waals surface area (Å²) in [6.07, 6.45) is 2.45. The number of para-hydroxylation sites is 1. The quantitative estimate of drug-likeness (QED) is 0.226. The minimum Gasteiger partial charge on any atom is -0.354 e. The van der Waals surface area contributed by atoms with Crippen molar-refractivity contribution < 1.29 is 14.4 Å². The molecule has 0 saturated carbocycles. The average Bonchev–Trinajstić information content (AvgIpc) is 3.48. The lowest BCUT2D eigenvalue weighted by Gasteiger charge is -2.35. The van der Waals surface area contributed by atoms with E-state index in [1.807, 2.05) is 44.2 Å². The highest BCUT2D eigenvalue weighted by Gasteiger charge is 2.28. The van der Waals surface area contributed by atoms with E-state index in [1.165, 1.54) is 17.5 Å². The summed E-state index contributed by atoms with van der Waals surface area (Å²) >= 11 is 7.50. The van der Waals surface area contributed by atoms with Crippen molar-refractivity contribution in [1.29, 1.82) is 0 Å². The Bertz CT molecular complexity index is 1730. The fourth-order valence-corrected chi connectivity index (χ4v) is 6.59. The van der Waals surface area contributed by atoms with E-state index in [0.717, 1.165) is 55.2 Å². The molecule has 2 aromatic heterocycles. The molecule has 11 nitrogen and oxygen atoms in total. The molecular weight excluding hydrogens is 612 g/mol. The Morgan fingerprint density at radius 3 is 2.64 bits per heavy atom. The first kappa shape index (κ1) is 30.6. The van der Waals surface area contributed by atoms with E-state index >= 15 is 0 Å². The van der Waals surface area contributed by atoms with Crippen LogP contribution in [0.15, 0.2) is 54.7 Å². The maximum Gasteiger partial charge on any atom is 0.267 e. The molecule has 3 amide bonds. The van der Waals surface area contributed by atoms with Crippen LogP contribution < -0.4 is 20.9 Å². The zero-order chi connectivity index (χ0) is 31.5. The number of nitrogens with zero attached hydrogens (tertiary/aromatic N) is 5. The Balaban J connectivity index is 1.05. The minimum absolute atomic E-state index is 0.200. The van der Waals surface area contributed by atoms with Gasteiger partial charge < -0.3 is 15.5 Å². The monoisotopic (exact) mass is 644 g/mol. The lowest BCUT2D eigenvalue weighted by Crippen LogP contribution is -2.46. The summed E-state index contributed by atoms with van der Waals surface area (Å²) in [7, 11) is 0. The lowest BCUT2D eigenvalue weighted by molar-refractivity contribution is -0.134. The number of anilines is 4. The van der Waals surface area contributed by atoms with Crippen molar-refractivity contribution >= 4 is 63.1 Å². The van der Waals surface area contributed by atoms with E-state index in [-0.39, 0.29) is 23.6 Å². The average molecular weight is 645 g/mol. The van der Waals surface area contributed by atoms with E-state index in [4.69, 9.17) is 11.6 Å². The molecule has 4 heterocycles. The number of amides is 3. The van der Waals surface area contributed by atoms with Gasteiger partial charge in [-0.15, -0.1) is 0 Å². The van der Waals surface area contributed by atoms with Crippen LogP contribution in [0.3, 0.4) is 0 Å². The summed E-state index contributed by atoms with van der Waals surface area (Å²) in [6.45, 7) is 7.82. The highest BCUT2D eigenvalue weighted by atomic mass is 35.5. The molecule has 6 rings (SSSR count). The van der Waals surface area contributed by atoms with E-state index in [0.29, 0.717) is 45.2 Å². The van der Waals surface area contributed by atoms with Gasteiger partial charge in [0.2, 0.25) is 11.8 Å². The number of thiazole rings is 1. The molecule has 232 valence electrons. The number of hydrogen-bond donors (Lipinski definition) is 3. The Morgan fingerprint density at radius 2 is 1.87 bits per heavy atom. The lowest BCUT2D eigenvalue weighted by atomic mass is 9.89. The number of rotatable bonds is 8. The van der Waals surface area contributed by atoms with Gasteiger partial charge in [-0.25, -0.2) is 15.0 Å². The van der Waals surface area contributed by atoms with Crippen molar-refractivity contribution in [2.24, 2.45) is 0 Å². The number of hydrogen-bond acceptors (Lipinski definition) is 10. The molecule has 0 spiro atoms. The molecule has 1 unspecified atom stereocenters. The summed E-state index contributed by atoms with van der Waals surface area (Å²) < 4.78 is 0. The summed E-state index contributed by atoms with van der Waals surface area (Å²) in [5.41, 5.74) is 3.57. The van der Waals surface area contributed by atoms with Crippen molar-refractivity contribution in [1.82, 2.24) is 25.2 Å². The number of piperidine rings is 1. The third-order valence-electron chi connectivity index (χ3n) is 7.94. The summed E-state index contributed by atoms with van der Waals surface area (Å²) in [4.78, 5) is 55.4. The highest BCUT2D eigenvalue weighted by molar-refractivity contribution is 7.17. The first-order valence-corrected chi connectivity index (χ1v) is 16.0. The summed E-state index contributed by atoms with van der Waals surface area (Å²) in [5, 5.41) is 9.60. The van der Waals surface area contributed by atoms with E-state index < -0.39 is 0 Å². The van der Waals surface area contributed by atoms with Crippen LogP contribution in [-0.2, 0) is 16.1 Å². The molecule has 1 atom stereocenters. The first-order chi connectivity index (χ1) is 21.7. The molecule has 2 aliphatic rings.